The maximum absolute atomic E-state index is 13.0. The molecule has 2 aliphatic carbocycles. The summed E-state index contributed by atoms with van der Waals surface area (Å²) in [5.74, 6) is 0.244. The lowest BCUT2D eigenvalue weighted by atomic mass is 10.0. The highest BCUT2D eigenvalue weighted by molar-refractivity contribution is 5.82. The van der Waals surface area contributed by atoms with E-state index in [1.165, 1.54) is 11.3 Å². The van der Waals surface area contributed by atoms with Gasteiger partial charge in [0.15, 0.2) is 0 Å². The topological polar surface area (TPSA) is 63.6 Å². The molecular weight excluding hydrogens is 330 g/mol. The summed E-state index contributed by atoms with van der Waals surface area (Å²) in [4.78, 5) is 26.6. The van der Waals surface area contributed by atoms with Gasteiger partial charge in [0, 0.05) is 43.1 Å². The van der Waals surface area contributed by atoms with Gasteiger partial charge in [0.2, 0.25) is 0 Å². The summed E-state index contributed by atoms with van der Waals surface area (Å²) in [5, 5.41) is 3.24. The van der Waals surface area contributed by atoms with Gasteiger partial charge in [-0.05, 0) is 38.2 Å². The van der Waals surface area contributed by atoms with Crippen LogP contribution in [0.25, 0.3) is 6.08 Å². The monoisotopic (exact) mass is 357 g/mol. The van der Waals surface area contributed by atoms with Crippen molar-refractivity contribution >= 4 is 17.8 Å². The summed E-state index contributed by atoms with van der Waals surface area (Å²) in [7, 11) is 0. The minimum atomic E-state index is -0.380. The van der Waals surface area contributed by atoms with E-state index >= 15 is 0 Å². The lowest BCUT2D eigenvalue weighted by Crippen LogP contribution is -2.49. The Hall–Kier alpha value is -1.92. The third kappa shape index (κ3) is 3.62. The van der Waals surface area contributed by atoms with Crippen molar-refractivity contribution in [2.24, 2.45) is 0 Å². The SMILES string of the molecule is CC(=O)Cn1cc(CN(C(=O)C2CNCCO2)C2CC2)c2c1CCC=C2. The molecule has 0 aromatic carbocycles. The van der Waals surface area contributed by atoms with Crippen LogP contribution < -0.4 is 5.32 Å². The van der Waals surface area contributed by atoms with Gasteiger partial charge in [-0.2, -0.15) is 0 Å². The van der Waals surface area contributed by atoms with Crippen LogP contribution in [0.4, 0.5) is 0 Å². The first-order valence-electron chi connectivity index (χ1n) is 9.63. The third-order valence-electron chi connectivity index (χ3n) is 5.36. The van der Waals surface area contributed by atoms with E-state index in [0.717, 1.165) is 37.8 Å². The van der Waals surface area contributed by atoms with E-state index in [0.29, 0.717) is 32.3 Å². The van der Waals surface area contributed by atoms with Crippen molar-refractivity contribution in [3.63, 3.8) is 0 Å². The number of ketones is 1. The number of hydrogen-bond acceptors (Lipinski definition) is 4. The number of fused-ring (bicyclic) bond motifs is 1. The molecule has 2 fully saturated rings. The fourth-order valence-electron chi connectivity index (χ4n) is 3.95. The van der Waals surface area contributed by atoms with Crippen LogP contribution in [0.3, 0.4) is 0 Å². The summed E-state index contributed by atoms with van der Waals surface area (Å²) in [6, 6.07) is 0.326. The quantitative estimate of drug-likeness (QED) is 0.838. The molecule has 6 heteroatoms. The van der Waals surface area contributed by atoms with Gasteiger partial charge in [-0.25, -0.2) is 0 Å². The molecule has 1 saturated carbocycles. The molecule has 1 saturated heterocycles. The Balaban J connectivity index is 1.58. The molecule has 3 aliphatic rings. The molecule has 6 nitrogen and oxygen atoms in total. The standard InChI is InChI=1S/C20H27N3O3/c1-14(24)11-22-12-15(17-4-2-3-5-18(17)22)13-23(16-6-7-16)20(25)19-10-21-8-9-26-19/h2,4,12,16,19,21H,3,5-11,13H2,1H3. The van der Waals surface area contributed by atoms with E-state index in [2.05, 4.69) is 28.2 Å². The Labute approximate surface area is 154 Å². The second-order valence-electron chi connectivity index (χ2n) is 7.55. The zero-order chi connectivity index (χ0) is 18.1. The van der Waals surface area contributed by atoms with Crippen LogP contribution in [0.15, 0.2) is 12.3 Å². The van der Waals surface area contributed by atoms with Gasteiger partial charge in [-0.1, -0.05) is 12.2 Å². The van der Waals surface area contributed by atoms with Crippen molar-refractivity contribution in [2.45, 2.75) is 57.8 Å². The average Bonchev–Trinajstić information content (AvgIpc) is 3.44. The molecule has 1 aromatic heterocycles. The van der Waals surface area contributed by atoms with Gasteiger partial charge < -0.3 is 19.5 Å². The zero-order valence-electron chi connectivity index (χ0n) is 15.4. The first-order chi connectivity index (χ1) is 12.6. The third-order valence-corrected chi connectivity index (χ3v) is 5.36. The summed E-state index contributed by atoms with van der Waals surface area (Å²) < 4.78 is 7.76. The molecule has 4 rings (SSSR count). The van der Waals surface area contributed by atoms with E-state index in [-0.39, 0.29) is 17.8 Å². The number of Topliss-reactive ketones (excluding diaryl/α,β-unsaturated/α-hetero) is 1. The van der Waals surface area contributed by atoms with E-state index in [1.807, 2.05) is 4.90 Å². The molecule has 26 heavy (non-hydrogen) atoms. The van der Waals surface area contributed by atoms with Crippen LogP contribution in [-0.2, 0) is 33.8 Å². The summed E-state index contributed by atoms with van der Waals surface area (Å²) in [6.07, 6.45) is 10.1. The van der Waals surface area contributed by atoms with Crippen LogP contribution in [0.1, 0.15) is 43.0 Å². The van der Waals surface area contributed by atoms with E-state index in [1.54, 1.807) is 6.92 Å². The highest BCUT2D eigenvalue weighted by Crippen LogP contribution is 2.32. The number of rotatable bonds is 6. The maximum Gasteiger partial charge on any atom is 0.253 e. The molecule has 2 heterocycles. The predicted molar refractivity (Wildman–Crippen MR) is 98.6 cm³/mol. The minimum Gasteiger partial charge on any atom is -0.366 e. The molecular formula is C20H27N3O3. The van der Waals surface area contributed by atoms with Crippen LogP contribution in [-0.4, -0.2) is 53.0 Å². The van der Waals surface area contributed by atoms with Gasteiger partial charge in [0.25, 0.3) is 5.91 Å². The number of nitrogens with one attached hydrogen (secondary N) is 1. The summed E-state index contributed by atoms with van der Waals surface area (Å²) >= 11 is 0. The number of carbonyl (C=O) groups is 2. The predicted octanol–water partition coefficient (Wildman–Crippen LogP) is 1.52. The van der Waals surface area contributed by atoms with Gasteiger partial charge in [0.05, 0.1) is 13.2 Å². The summed E-state index contributed by atoms with van der Waals surface area (Å²) in [5.41, 5.74) is 3.55. The Bertz CT molecular complexity index is 727. The highest BCUT2D eigenvalue weighted by atomic mass is 16.5. The molecule has 0 bridgehead atoms. The molecule has 1 aromatic rings. The second-order valence-corrected chi connectivity index (χ2v) is 7.55. The molecule has 0 radical (unpaired) electrons. The number of carbonyl (C=O) groups excluding carboxylic acids is 2. The number of amides is 1. The van der Waals surface area contributed by atoms with Crippen LogP contribution >= 0.6 is 0 Å². The van der Waals surface area contributed by atoms with E-state index < -0.39 is 0 Å². The zero-order valence-corrected chi connectivity index (χ0v) is 15.4. The Morgan fingerprint density at radius 2 is 2.23 bits per heavy atom. The lowest BCUT2D eigenvalue weighted by molar-refractivity contribution is -0.146. The number of morpholine rings is 1. The largest absolute Gasteiger partial charge is 0.366 e. The summed E-state index contributed by atoms with van der Waals surface area (Å²) in [6.45, 7) is 4.61. The molecule has 0 spiro atoms. The molecule has 1 N–H and O–H groups in total. The fraction of sp³-hybridized carbons (Fsp3) is 0.600. The van der Waals surface area contributed by atoms with E-state index in [9.17, 15) is 9.59 Å². The van der Waals surface area contributed by atoms with Crippen LogP contribution in [0.2, 0.25) is 0 Å². The first-order valence-corrected chi connectivity index (χ1v) is 9.63. The molecule has 140 valence electrons. The molecule has 1 atom stereocenters. The van der Waals surface area contributed by atoms with Gasteiger partial charge >= 0.3 is 0 Å². The second kappa shape index (κ2) is 7.37. The van der Waals surface area contributed by atoms with Crippen LogP contribution in [0, 0.1) is 0 Å². The first kappa shape index (κ1) is 17.5. The Morgan fingerprint density at radius 3 is 2.92 bits per heavy atom. The van der Waals surface area contributed by atoms with Crippen LogP contribution in [0.5, 0.6) is 0 Å². The number of ether oxygens (including phenoxy) is 1. The van der Waals surface area contributed by atoms with Crippen molar-refractivity contribution in [3.05, 3.63) is 29.1 Å². The molecule has 1 unspecified atom stereocenters. The Morgan fingerprint density at radius 1 is 1.38 bits per heavy atom. The highest BCUT2D eigenvalue weighted by Gasteiger charge is 2.37. The minimum absolute atomic E-state index is 0.0903. The smallest absolute Gasteiger partial charge is 0.253 e. The number of aromatic nitrogens is 1. The van der Waals surface area contributed by atoms with Crippen molar-refractivity contribution in [3.8, 4) is 0 Å². The normalized spacial score (nSPS) is 22.1. The fourth-order valence-corrected chi connectivity index (χ4v) is 3.95. The van der Waals surface area contributed by atoms with Gasteiger partial charge in [-0.15, -0.1) is 0 Å². The maximum atomic E-state index is 13.0. The van der Waals surface area contributed by atoms with E-state index in [4.69, 9.17) is 4.74 Å². The molecule has 1 aliphatic heterocycles. The average molecular weight is 357 g/mol. The number of nitrogens with zero attached hydrogens (tertiary/aromatic N) is 2. The molecule has 1 amide bonds. The van der Waals surface area contributed by atoms with Crippen molar-refractivity contribution in [1.82, 2.24) is 14.8 Å². The van der Waals surface area contributed by atoms with Crippen molar-refractivity contribution in [2.75, 3.05) is 19.7 Å². The number of hydrogen-bond donors (Lipinski definition) is 1. The van der Waals surface area contributed by atoms with Gasteiger partial charge in [-0.3, -0.25) is 9.59 Å². The Kier molecular flexibility index (Phi) is 4.96. The van der Waals surface area contributed by atoms with Gasteiger partial charge in [0.1, 0.15) is 11.9 Å². The van der Waals surface area contributed by atoms with Crippen molar-refractivity contribution < 1.29 is 14.3 Å². The lowest BCUT2D eigenvalue weighted by Gasteiger charge is -2.30. The number of allylic oxidation sites excluding steroid dienone is 1. The van der Waals surface area contributed by atoms with Crippen molar-refractivity contribution in [1.29, 1.82) is 0 Å².